The van der Waals surface area contributed by atoms with E-state index in [1.165, 1.54) is 30.5 Å². The van der Waals surface area contributed by atoms with E-state index in [4.69, 9.17) is 11.6 Å². The fourth-order valence-corrected chi connectivity index (χ4v) is 2.83. The van der Waals surface area contributed by atoms with Gasteiger partial charge in [-0.15, -0.1) is 0 Å². The summed E-state index contributed by atoms with van der Waals surface area (Å²) in [6.07, 6.45) is 4.16. The van der Waals surface area contributed by atoms with Crippen LogP contribution in [0.2, 0.25) is 5.02 Å². The molecule has 1 aliphatic rings. The quantitative estimate of drug-likeness (QED) is 0.845. The monoisotopic (exact) mass is 266 g/mol. The van der Waals surface area contributed by atoms with Gasteiger partial charge in [-0.2, -0.15) is 0 Å². The van der Waals surface area contributed by atoms with E-state index in [0.29, 0.717) is 0 Å². The van der Waals surface area contributed by atoms with E-state index in [9.17, 15) is 0 Å². The fraction of sp³-hybridized carbons (Fsp3) is 0.600. The van der Waals surface area contributed by atoms with Crippen molar-refractivity contribution in [2.24, 2.45) is 5.92 Å². The number of rotatable bonds is 6. The molecule has 0 aliphatic heterocycles. The Morgan fingerprint density at radius 3 is 2.67 bits per heavy atom. The Bertz CT molecular complexity index is 388. The lowest BCUT2D eigenvalue weighted by Gasteiger charge is -2.33. The van der Waals surface area contributed by atoms with Gasteiger partial charge in [-0.25, -0.2) is 0 Å². The van der Waals surface area contributed by atoms with Crippen LogP contribution in [0.15, 0.2) is 18.2 Å². The Labute approximate surface area is 115 Å². The lowest BCUT2D eigenvalue weighted by atomic mass is 9.85. The van der Waals surface area contributed by atoms with E-state index >= 15 is 0 Å². The second-order valence-corrected chi connectivity index (χ2v) is 5.56. The average Bonchev–Trinajstić information content (AvgIpc) is 2.30. The molecule has 0 heterocycles. The molecular formula is C15H23ClN2. The number of nitrogens with zero attached hydrogens (tertiary/aromatic N) is 1. The van der Waals surface area contributed by atoms with Crippen LogP contribution in [-0.2, 0) is 6.54 Å². The molecule has 2 nitrogen and oxygen atoms in total. The second kappa shape index (κ2) is 6.44. The highest BCUT2D eigenvalue weighted by Crippen LogP contribution is 2.32. The zero-order chi connectivity index (χ0) is 13.0. The minimum absolute atomic E-state index is 0.870. The van der Waals surface area contributed by atoms with Crippen molar-refractivity contribution in [3.05, 3.63) is 28.8 Å². The lowest BCUT2D eigenvalue weighted by Crippen LogP contribution is -2.32. The van der Waals surface area contributed by atoms with Gasteiger partial charge in [0.1, 0.15) is 0 Å². The van der Waals surface area contributed by atoms with Gasteiger partial charge in [-0.05, 0) is 50.4 Å². The summed E-state index contributed by atoms with van der Waals surface area (Å²) < 4.78 is 0. The third-order valence-electron chi connectivity index (χ3n) is 3.82. The van der Waals surface area contributed by atoms with E-state index in [-0.39, 0.29) is 0 Å². The molecule has 1 N–H and O–H groups in total. The highest BCUT2D eigenvalue weighted by molar-refractivity contribution is 6.33. The molecule has 0 saturated heterocycles. The van der Waals surface area contributed by atoms with Crippen LogP contribution >= 0.6 is 11.6 Å². The Hall–Kier alpha value is -0.730. The van der Waals surface area contributed by atoms with Gasteiger partial charge in [0.05, 0.1) is 10.7 Å². The topological polar surface area (TPSA) is 15.3 Å². The summed E-state index contributed by atoms with van der Waals surface area (Å²) in [6.45, 7) is 5.26. The molecule has 0 bridgehead atoms. The van der Waals surface area contributed by atoms with Crippen LogP contribution in [0.3, 0.4) is 0 Å². The largest absolute Gasteiger partial charge is 0.370 e. The van der Waals surface area contributed by atoms with E-state index in [1.54, 1.807) is 0 Å². The Kier molecular flexibility index (Phi) is 4.90. The van der Waals surface area contributed by atoms with E-state index in [0.717, 1.165) is 30.6 Å². The summed E-state index contributed by atoms with van der Waals surface area (Å²) in [5.74, 6) is 0.873. The van der Waals surface area contributed by atoms with Gasteiger partial charge in [0.2, 0.25) is 0 Å². The van der Waals surface area contributed by atoms with Crippen LogP contribution in [0, 0.1) is 5.92 Å². The van der Waals surface area contributed by atoms with Crippen LogP contribution in [0.1, 0.15) is 31.7 Å². The summed E-state index contributed by atoms with van der Waals surface area (Å²) in [5.41, 5.74) is 2.43. The molecule has 18 heavy (non-hydrogen) atoms. The molecule has 100 valence electrons. The Morgan fingerprint density at radius 2 is 2.17 bits per heavy atom. The van der Waals surface area contributed by atoms with Gasteiger partial charge in [0.25, 0.3) is 0 Å². The molecular weight excluding hydrogens is 244 g/mol. The number of hydrogen-bond acceptors (Lipinski definition) is 2. The van der Waals surface area contributed by atoms with Gasteiger partial charge in [0, 0.05) is 19.6 Å². The maximum absolute atomic E-state index is 6.41. The first-order chi connectivity index (χ1) is 8.74. The van der Waals surface area contributed by atoms with Crippen LogP contribution in [0.4, 0.5) is 5.69 Å². The number of nitrogens with one attached hydrogen (secondary N) is 1. The summed E-state index contributed by atoms with van der Waals surface area (Å²) in [7, 11) is 1.96. The van der Waals surface area contributed by atoms with E-state index in [1.807, 2.05) is 7.05 Å². The lowest BCUT2D eigenvalue weighted by molar-refractivity contribution is 0.318. The first kappa shape index (κ1) is 13.7. The highest BCUT2D eigenvalue weighted by Gasteiger charge is 2.21. The minimum Gasteiger partial charge on any atom is -0.370 e. The molecule has 0 spiro atoms. The van der Waals surface area contributed by atoms with Crippen molar-refractivity contribution in [2.75, 3.05) is 25.0 Å². The van der Waals surface area contributed by atoms with Gasteiger partial charge < -0.3 is 10.2 Å². The predicted octanol–water partition coefficient (Wildman–Crippen LogP) is 3.69. The number of hydrogen-bond donors (Lipinski definition) is 1. The third kappa shape index (κ3) is 3.18. The molecule has 0 aromatic heterocycles. The number of anilines is 1. The van der Waals surface area contributed by atoms with Crippen LogP contribution in [0.25, 0.3) is 0 Å². The molecule has 1 fully saturated rings. The molecule has 3 heteroatoms. The van der Waals surface area contributed by atoms with Crippen molar-refractivity contribution in [2.45, 2.75) is 32.7 Å². The summed E-state index contributed by atoms with van der Waals surface area (Å²) in [4.78, 5) is 2.41. The van der Waals surface area contributed by atoms with E-state index in [2.05, 4.69) is 35.3 Å². The fourth-order valence-electron chi connectivity index (χ4n) is 2.51. The third-order valence-corrected chi connectivity index (χ3v) is 4.12. The van der Waals surface area contributed by atoms with Crippen molar-refractivity contribution in [3.63, 3.8) is 0 Å². The van der Waals surface area contributed by atoms with Crippen LogP contribution in [-0.4, -0.2) is 20.1 Å². The smallest absolute Gasteiger partial charge is 0.0642 e. The number of benzene rings is 1. The van der Waals surface area contributed by atoms with Gasteiger partial charge in [-0.3, -0.25) is 0 Å². The molecule has 0 unspecified atom stereocenters. The first-order valence-electron chi connectivity index (χ1n) is 6.92. The number of halogens is 1. The zero-order valence-corrected chi connectivity index (χ0v) is 12.1. The molecule has 1 saturated carbocycles. The standard InChI is InChI=1S/C15H23ClN2/c1-3-18(11-12-5-4-6-12)15-8-7-13(10-17-2)9-14(15)16/h7-9,12,17H,3-6,10-11H2,1-2H3. The van der Waals surface area contributed by atoms with Gasteiger partial charge in [0.15, 0.2) is 0 Å². The van der Waals surface area contributed by atoms with Crippen LogP contribution < -0.4 is 10.2 Å². The first-order valence-corrected chi connectivity index (χ1v) is 7.30. The maximum atomic E-state index is 6.41. The summed E-state index contributed by atoms with van der Waals surface area (Å²) in [5, 5.41) is 4.03. The highest BCUT2D eigenvalue weighted by atomic mass is 35.5. The molecule has 1 aromatic rings. The van der Waals surface area contributed by atoms with Crippen molar-refractivity contribution >= 4 is 17.3 Å². The predicted molar refractivity (Wildman–Crippen MR) is 79.4 cm³/mol. The van der Waals surface area contributed by atoms with Crippen molar-refractivity contribution < 1.29 is 0 Å². The van der Waals surface area contributed by atoms with E-state index < -0.39 is 0 Å². The molecule has 2 rings (SSSR count). The molecule has 1 aliphatic carbocycles. The molecule has 0 radical (unpaired) electrons. The van der Waals surface area contributed by atoms with Crippen molar-refractivity contribution in [1.82, 2.24) is 5.32 Å². The average molecular weight is 267 g/mol. The van der Waals surface area contributed by atoms with Crippen LogP contribution in [0.5, 0.6) is 0 Å². The molecule has 0 amide bonds. The Balaban J connectivity index is 2.09. The second-order valence-electron chi connectivity index (χ2n) is 5.15. The summed E-state index contributed by atoms with van der Waals surface area (Å²) in [6, 6.07) is 6.41. The molecule has 0 atom stereocenters. The minimum atomic E-state index is 0.870. The van der Waals surface area contributed by atoms with Crippen molar-refractivity contribution in [3.8, 4) is 0 Å². The van der Waals surface area contributed by atoms with Gasteiger partial charge >= 0.3 is 0 Å². The zero-order valence-electron chi connectivity index (χ0n) is 11.4. The maximum Gasteiger partial charge on any atom is 0.0642 e. The van der Waals surface area contributed by atoms with Gasteiger partial charge in [-0.1, -0.05) is 24.1 Å². The van der Waals surface area contributed by atoms with Crippen molar-refractivity contribution in [1.29, 1.82) is 0 Å². The molecule has 1 aromatic carbocycles. The SMILES string of the molecule is CCN(CC1CCC1)c1ccc(CNC)cc1Cl. The Morgan fingerprint density at radius 1 is 1.39 bits per heavy atom. The summed E-state index contributed by atoms with van der Waals surface area (Å²) >= 11 is 6.41. The normalized spacial score (nSPS) is 15.5.